The van der Waals surface area contributed by atoms with Gasteiger partial charge in [-0.25, -0.2) is 4.39 Å². The first-order valence-corrected chi connectivity index (χ1v) is 5.61. The smallest absolute Gasteiger partial charge is 0.257 e. The normalized spacial score (nSPS) is 19.9. The van der Waals surface area contributed by atoms with Crippen molar-refractivity contribution in [3.63, 3.8) is 0 Å². The third kappa shape index (κ3) is 2.44. The Balaban J connectivity index is 2.24. The van der Waals surface area contributed by atoms with Crippen LogP contribution in [0.2, 0.25) is 0 Å². The lowest BCUT2D eigenvalue weighted by Crippen LogP contribution is -2.50. The minimum absolute atomic E-state index is 0.117. The quantitative estimate of drug-likeness (QED) is 0.800. The van der Waals surface area contributed by atoms with Gasteiger partial charge in [0, 0.05) is 12.6 Å². The molecule has 2 N–H and O–H groups in total. The van der Waals surface area contributed by atoms with Crippen LogP contribution >= 0.6 is 0 Å². The monoisotopic (exact) mass is 255 g/mol. The van der Waals surface area contributed by atoms with Crippen molar-refractivity contribution in [2.24, 2.45) is 0 Å². The van der Waals surface area contributed by atoms with Gasteiger partial charge in [-0.3, -0.25) is 4.79 Å². The van der Waals surface area contributed by atoms with Crippen molar-refractivity contribution in [2.75, 3.05) is 26.4 Å². The Morgan fingerprint density at radius 1 is 1.56 bits per heavy atom. The summed E-state index contributed by atoms with van der Waals surface area (Å²) in [6.45, 7) is 0.680. The van der Waals surface area contributed by atoms with Gasteiger partial charge in [-0.15, -0.1) is 0 Å². The minimum Gasteiger partial charge on any atom is -0.508 e. The summed E-state index contributed by atoms with van der Waals surface area (Å²) in [7, 11) is 0. The maximum Gasteiger partial charge on any atom is 0.257 e. The van der Waals surface area contributed by atoms with Gasteiger partial charge >= 0.3 is 0 Å². The van der Waals surface area contributed by atoms with E-state index in [0.29, 0.717) is 13.2 Å². The Bertz CT molecular complexity index is 452. The fraction of sp³-hybridized carbons (Fsp3) is 0.417. The number of nitrogens with zero attached hydrogens (tertiary/aromatic N) is 1. The lowest BCUT2D eigenvalue weighted by atomic mass is 10.1. The van der Waals surface area contributed by atoms with Crippen LogP contribution in [-0.2, 0) is 4.74 Å². The van der Waals surface area contributed by atoms with Crippen LogP contribution in [0, 0.1) is 5.82 Å². The number of aliphatic hydroxyl groups is 1. The molecule has 1 amide bonds. The summed E-state index contributed by atoms with van der Waals surface area (Å²) in [5.41, 5.74) is -0.117. The number of amides is 1. The second-order valence-electron chi connectivity index (χ2n) is 4.07. The van der Waals surface area contributed by atoms with Crippen LogP contribution in [0.5, 0.6) is 5.75 Å². The molecule has 1 saturated heterocycles. The lowest BCUT2D eigenvalue weighted by Gasteiger charge is -2.34. The van der Waals surface area contributed by atoms with Gasteiger partial charge in [0.1, 0.15) is 11.6 Å². The van der Waals surface area contributed by atoms with Crippen molar-refractivity contribution >= 4 is 5.91 Å². The highest BCUT2D eigenvalue weighted by Gasteiger charge is 2.28. The summed E-state index contributed by atoms with van der Waals surface area (Å²) in [5.74, 6) is -1.51. The Kier molecular flexibility index (Phi) is 3.78. The summed E-state index contributed by atoms with van der Waals surface area (Å²) in [6, 6.07) is 2.92. The summed E-state index contributed by atoms with van der Waals surface area (Å²) < 4.78 is 18.7. The number of carbonyl (C=O) groups excluding carboxylic acids is 1. The van der Waals surface area contributed by atoms with Crippen LogP contribution in [0.25, 0.3) is 0 Å². The maximum absolute atomic E-state index is 13.6. The Morgan fingerprint density at radius 2 is 2.33 bits per heavy atom. The van der Waals surface area contributed by atoms with Crippen LogP contribution in [0.3, 0.4) is 0 Å². The highest BCUT2D eigenvalue weighted by atomic mass is 19.1. The second kappa shape index (κ2) is 5.32. The number of carbonyl (C=O) groups is 1. The van der Waals surface area contributed by atoms with Gasteiger partial charge in [-0.2, -0.15) is 0 Å². The van der Waals surface area contributed by atoms with Crippen molar-refractivity contribution in [1.29, 1.82) is 0 Å². The first-order chi connectivity index (χ1) is 8.63. The van der Waals surface area contributed by atoms with Crippen molar-refractivity contribution < 1.29 is 24.1 Å². The minimum atomic E-state index is -0.775. The number of phenols is 1. The molecule has 1 heterocycles. The number of hydrogen-bond donors (Lipinski definition) is 2. The number of aliphatic hydroxyl groups excluding tert-OH is 1. The average Bonchev–Trinajstić information content (AvgIpc) is 2.38. The van der Waals surface area contributed by atoms with E-state index in [1.54, 1.807) is 0 Å². The summed E-state index contributed by atoms with van der Waals surface area (Å²) in [5, 5.41) is 18.3. The van der Waals surface area contributed by atoms with Crippen molar-refractivity contribution in [2.45, 2.75) is 6.04 Å². The summed E-state index contributed by atoms with van der Waals surface area (Å²) in [6.07, 6.45) is 0. The van der Waals surface area contributed by atoms with Gasteiger partial charge < -0.3 is 19.8 Å². The molecule has 2 rings (SSSR count). The molecule has 1 aromatic rings. The Hall–Kier alpha value is -1.66. The third-order valence-electron chi connectivity index (χ3n) is 2.88. The Morgan fingerprint density at radius 3 is 3.00 bits per heavy atom. The first-order valence-electron chi connectivity index (χ1n) is 5.61. The van der Waals surface area contributed by atoms with E-state index < -0.39 is 17.8 Å². The largest absolute Gasteiger partial charge is 0.508 e. The molecular weight excluding hydrogens is 241 g/mol. The number of rotatable bonds is 2. The zero-order valence-electron chi connectivity index (χ0n) is 9.67. The molecule has 0 spiro atoms. The summed E-state index contributed by atoms with van der Waals surface area (Å²) in [4.78, 5) is 13.5. The van der Waals surface area contributed by atoms with Gasteiger partial charge in [-0.05, 0) is 12.1 Å². The van der Waals surface area contributed by atoms with E-state index in [1.165, 1.54) is 17.0 Å². The average molecular weight is 255 g/mol. The van der Waals surface area contributed by atoms with Crippen LogP contribution < -0.4 is 0 Å². The number of aromatic hydroxyl groups is 1. The van der Waals surface area contributed by atoms with E-state index in [9.17, 15) is 9.18 Å². The molecule has 0 bridgehead atoms. The maximum atomic E-state index is 13.6. The van der Waals surface area contributed by atoms with E-state index in [4.69, 9.17) is 14.9 Å². The molecule has 1 atom stereocenters. The highest BCUT2D eigenvalue weighted by Crippen LogP contribution is 2.19. The molecule has 0 radical (unpaired) electrons. The van der Waals surface area contributed by atoms with Crippen molar-refractivity contribution in [3.05, 3.63) is 29.6 Å². The van der Waals surface area contributed by atoms with Crippen molar-refractivity contribution in [3.8, 4) is 5.75 Å². The number of halogens is 1. The second-order valence-corrected chi connectivity index (χ2v) is 4.07. The molecule has 1 aliphatic heterocycles. The van der Waals surface area contributed by atoms with Gasteiger partial charge in [0.15, 0.2) is 0 Å². The number of phenolic OH excluding ortho intramolecular Hbond substituents is 1. The highest BCUT2D eigenvalue weighted by molar-refractivity contribution is 5.95. The molecule has 1 aliphatic rings. The third-order valence-corrected chi connectivity index (χ3v) is 2.88. The molecule has 5 nitrogen and oxygen atoms in total. The van der Waals surface area contributed by atoms with Gasteiger partial charge in [0.2, 0.25) is 0 Å². The van der Waals surface area contributed by atoms with E-state index in [0.717, 1.165) is 6.07 Å². The zero-order chi connectivity index (χ0) is 13.1. The molecule has 1 unspecified atom stereocenters. The predicted octanol–water partition coefficient (Wildman–Crippen LogP) is 0.365. The topological polar surface area (TPSA) is 70.0 Å². The van der Waals surface area contributed by atoms with Gasteiger partial charge in [-0.1, -0.05) is 0 Å². The molecule has 98 valence electrons. The van der Waals surface area contributed by atoms with E-state index in [2.05, 4.69) is 0 Å². The molecular formula is C12H14FNO4. The zero-order valence-corrected chi connectivity index (χ0v) is 9.67. The van der Waals surface area contributed by atoms with Gasteiger partial charge in [0.25, 0.3) is 5.91 Å². The van der Waals surface area contributed by atoms with E-state index in [1.807, 2.05) is 0 Å². The molecule has 0 aromatic heterocycles. The number of ether oxygens (including phenoxy) is 1. The molecule has 18 heavy (non-hydrogen) atoms. The number of morpholine rings is 1. The SMILES string of the molecule is O=C(c1ccc(O)cc1F)N1CCOCC1CO. The predicted molar refractivity (Wildman–Crippen MR) is 60.8 cm³/mol. The fourth-order valence-electron chi connectivity index (χ4n) is 1.91. The molecule has 0 aliphatic carbocycles. The fourth-order valence-corrected chi connectivity index (χ4v) is 1.91. The molecule has 1 aromatic carbocycles. The van der Waals surface area contributed by atoms with E-state index >= 15 is 0 Å². The molecule has 0 saturated carbocycles. The van der Waals surface area contributed by atoms with Crippen LogP contribution in [-0.4, -0.2) is 53.4 Å². The summed E-state index contributed by atoms with van der Waals surface area (Å²) >= 11 is 0. The lowest BCUT2D eigenvalue weighted by molar-refractivity contribution is -0.0185. The van der Waals surface area contributed by atoms with Crippen LogP contribution in [0.15, 0.2) is 18.2 Å². The standard InChI is InChI=1S/C12H14FNO4/c13-11-5-9(16)1-2-10(11)12(17)14-3-4-18-7-8(14)6-15/h1-2,5,8,15-16H,3-4,6-7H2. The molecule has 6 heteroatoms. The van der Waals surface area contributed by atoms with Crippen molar-refractivity contribution in [1.82, 2.24) is 4.90 Å². The van der Waals surface area contributed by atoms with Crippen LogP contribution in [0.1, 0.15) is 10.4 Å². The van der Waals surface area contributed by atoms with E-state index in [-0.39, 0.29) is 24.5 Å². The Labute approximate surface area is 103 Å². The first kappa shape index (κ1) is 12.8. The number of benzene rings is 1. The molecule has 1 fully saturated rings. The van der Waals surface area contributed by atoms with Gasteiger partial charge in [0.05, 0.1) is 31.4 Å². The number of hydrogen-bond acceptors (Lipinski definition) is 4. The van der Waals surface area contributed by atoms with Crippen LogP contribution in [0.4, 0.5) is 4.39 Å².